The van der Waals surface area contributed by atoms with Crippen molar-refractivity contribution in [2.24, 2.45) is 0 Å². The second-order valence-electron chi connectivity index (χ2n) is 8.18. The Kier molecular flexibility index (Phi) is 6.48. The predicted octanol–water partition coefficient (Wildman–Crippen LogP) is 2.99. The number of carbonyl (C=O) groups excluding carboxylic acids is 2. The number of aromatic nitrogens is 3. The Labute approximate surface area is 182 Å². The van der Waals surface area contributed by atoms with Gasteiger partial charge in [0.1, 0.15) is 11.9 Å². The summed E-state index contributed by atoms with van der Waals surface area (Å²) in [5, 5.41) is 11.6. The zero-order chi connectivity index (χ0) is 21.8. The fourth-order valence-electron chi connectivity index (χ4n) is 4.44. The van der Waals surface area contributed by atoms with Gasteiger partial charge in [0.15, 0.2) is 0 Å². The fourth-order valence-corrected chi connectivity index (χ4v) is 4.44. The summed E-state index contributed by atoms with van der Waals surface area (Å²) in [5.41, 5.74) is 0.596. The molecule has 2 aromatic heterocycles. The summed E-state index contributed by atoms with van der Waals surface area (Å²) in [7, 11) is 1.78. The van der Waals surface area contributed by atoms with Gasteiger partial charge in [0, 0.05) is 50.8 Å². The molecule has 0 bridgehead atoms. The molecular weight excluding hydrogens is 396 g/mol. The monoisotopic (exact) mass is 426 g/mol. The molecule has 2 fully saturated rings. The highest BCUT2D eigenvalue weighted by Gasteiger charge is 2.34. The van der Waals surface area contributed by atoms with Crippen LogP contribution in [0.5, 0.6) is 0 Å². The highest BCUT2D eigenvalue weighted by atomic mass is 16.4. The van der Waals surface area contributed by atoms with Crippen molar-refractivity contribution in [1.29, 1.82) is 0 Å². The number of hydrogen-bond acceptors (Lipinski definition) is 7. The van der Waals surface area contributed by atoms with Gasteiger partial charge in [-0.15, -0.1) is 10.2 Å². The van der Waals surface area contributed by atoms with Crippen molar-refractivity contribution in [3.63, 3.8) is 0 Å². The molecule has 4 rings (SSSR count). The van der Waals surface area contributed by atoms with Crippen molar-refractivity contribution < 1.29 is 14.0 Å². The summed E-state index contributed by atoms with van der Waals surface area (Å²) in [6.45, 7) is 4.00. The van der Waals surface area contributed by atoms with Gasteiger partial charge in [-0.2, -0.15) is 0 Å². The number of piperidine rings is 2. The lowest BCUT2D eigenvalue weighted by Crippen LogP contribution is -2.38. The molecule has 9 heteroatoms. The van der Waals surface area contributed by atoms with Gasteiger partial charge < -0.3 is 19.5 Å². The van der Waals surface area contributed by atoms with Gasteiger partial charge in [-0.3, -0.25) is 9.59 Å². The first-order chi connectivity index (χ1) is 15.1. The number of pyridine rings is 1. The summed E-state index contributed by atoms with van der Waals surface area (Å²) in [6.07, 6.45) is 6.60. The number of anilines is 1. The quantitative estimate of drug-likeness (QED) is 0.784. The van der Waals surface area contributed by atoms with Crippen LogP contribution in [0.1, 0.15) is 79.5 Å². The summed E-state index contributed by atoms with van der Waals surface area (Å²) < 4.78 is 6.10. The zero-order valence-corrected chi connectivity index (χ0v) is 18.2. The van der Waals surface area contributed by atoms with Gasteiger partial charge in [0.05, 0.1) is 0 Å². The number of nitrogens with one attached hydrogen (secondary N) is 1. The summed E-state index contributed by atoms with van der Waals surface area (Å²) in [4.78, 5) is 33.1. The molecule has 4 heterocycles. The minimum absolute atomic E-state index is 0.0465. The van der Waals surface area contributed by atoms with Gasteiger partial charge in [0.2, 0.25) is 17.7 Å². The molecule has 0 radical (unpaired) electrons. The SMILES string of the molecule is CCC(=O)N1CCC(c2nnc(C3CCCCN3C(=O)c3ccnc(NC)c3)o2)CC1. The molecule has 1 N–H and O–H groups in total. The third-order valence-corrected chi connectivity index (χ3v) is 6.27. The van der Waals surface area contributed by atoms with E-state index >= 15 is 0 Å². The Balaban J connectivity index is 1.47. The van der Waals surface area contributed by atoms with Gasteiger partial charge in [-0.1, -0.05) is 6.92 Å². The molecule has 2 saturated heterocycles. The molecule has 31 heavy (non-hydrogen) atoms. The van der Waals surface area contributed by atoms with E-state index in [1.54, 1.807) is 25.4 Å². The Hall–Kier alpha value is -2.97. The van der Waals surface area contributed by atoms with Crippen LogP contribution in [0, 0.1) is 0 Å². The summed E-state index contributed by atoms with van der Waals surface area (Å²) in [5.74, 6) is 2.10. The maximum Gasteiger partial charge on any atom is 0.254 e. The van der Waals surface area contributed by atoms with Gasteiger partial charge >= 0.3 is 0 Å². The van der Waals surface area contributed by atoms with Crippen molar-refractivity contribution in [3.8, 4) is 0 Å². The molecule has 2 aliphatic heterocycles. The molecule has 166 valence electrons. The normalized spacial score (nSPS) is 20.0. The molecule has 0 spiro atoms. The highest BCUT2D eigenvalue weighted by molar-refractivity contribution is 5.95. The van der Waals surface area contributed by atoms with E-state index in [1.165, 1.54) is 0 Å². The smallest absolute Gasteiger partial charge is 0.254 e. The van der Waals surface area contributed by atoms with E-state index in [-0.39, 0.29) is 23.8 Å². The minimum Gasteiger partial charge on any atom is -0.423 e. The molecule has 9 nitrogen and oxygen atoms in total. The van der Waals surface area contributed by atoms with E-state index in [0.29, 0.717) is 36.1 Å². The van der Waals surface area contributed by atoms with Crippen LogP contribution in [-0.2, 0) is 4.79 Å². The van der Waals surface area contributed by atoms with Crippen LogP contribution in [0.2, 0.25) is 0 Å². The molecule has 0 aliphatic carbocycles. The molecule has 2 amide bonds. The van der Waals surface area contributed by atoms with E-state index in [0.717, 1.165) is 45.2 Å². The largest absolute Gasteiger partial charge is 0.423 e. The first-order valence-electron chi connectivity index (χ1n) is 11.2. The zero-order valence-electron chi connectivity index (χ0n) is 18.2. The molecule has 0 aromatic carbocycles. The van der Waals surface area contributed by atoms with Gasteiger partial charge in [0.25, 0.3) is 5.91 Å². The first-order valence-corrected chi connectivity index (χ1v) is 11.2. The maximum absolute atomic E-state index is 13.2. The Morgan fingerprint density at radius 2 is 1.90 bits per heavy atom. The predicted molar refractivity (Wildman–Crippen MR) is 115 cm³/mol. The number of rotatable bonds is 5. The molecule has 2 aliphatic rings. The Morgan fingerprint density at radius 3 is 2.65 bits per heavy atom. The van der Waals surface area contributed by atoms with E-state index in [2.05, 4.69) is 20.5 Å². The topological polar surface area (TPSA) is 104 Å². The average molecular weight is 427 g/mol. The van der Waals surface area contributed by atoms with Crippen LogP contribution in [0.4, 0.5) is 5.82 Å². The number of amides is 2. The van der Waals surface area contributed by atoms with Crippen molar-refractivity contribution in [3.05, 3.63) is 35.7 Å². The lowest BCUT2D eigenvalue weighted by atomic mass is 9.96. The third kappa shape index (κ3) is 4.55. The van der Waals surface area contributed by atoms with Crippen molar-refractivity contribution in [1.82, 2.24) is 25.0 Å². The maximum atomic E-state index is 13.2. The lowest BCUT2D eigenvalue weighted by Gasteiger charge is -2.33. The van der Waals surface area contributed by atoms with E-state index in [1.807, 2.05) is 16.7 Å². The van der Waals surface area contributed by atoms with E-state index < -0.39 is 0 Å². The molecule has 1 atom stereocenters. The van der Waals surface area contributed by atoms with E-state index in [9.17, 15) is 9.59 Å². The second-order valence-corrected chi connectivity index (χ2v) is 8.18. The van der Waals surface area contributed by atoms with Crippen LogP contribution in [-0.4, -0.2) is 63.5 Å². The molecule has 1 unspecified atom stereocenters. The van der Waals surface area contributed by atoms with Crippen LogP contribution in [0.25, 0.3) is 0 Å². The summed E-state index contributed by atoms with van der Waals surface area (Å²) in [6, 6.07) is 3.29. The highest BCUT2D eigenvalue weighted by Crippen LogP contribution is 2.34. The van der Waals surface area contributed by atoms with Crippen molar-refractivity contribution in [2.45, 2.75) is 57.4 Å². The third-order valence-electron chi connectivity index (χ3n) is 6.27. The van der Waals surface area contributed by atoms with E-state index in [4.69, 9.17) is 4.42 Å². The Bertz CT molecular complexity index is 921. The van der Waals surface area contributed by atoms with Gasteiger partial charge in [-0.25, -0.2) is 4.98 Å². The average Bonchev–Trinajstić information content (AvgIpc) is 3.33. The Morgan fingerprint density at radius 1 is 1.13 bits per heavy atom. The molecule has 0 saturated carbocycles. The van der Waals surface area contributed by atoms with Crippen molar-refractivity contribution >= 4 is 17.6 Å². The van der Waals surface area contributed by atoms with Crippen LogP contribution in [0.3, 0.4) is 0 Å². The first kappa shape index (κ1) is 21.3. The van der Waals surface area contributed by atoms with Crippen LogP contribution in [0.15, 0.2) is 22.7 Å². The van der Waals surface area contributed by atoms with Crippen LogP contribution < -0.4 is 5.32 Å². The van der Waals surface area contributed by atoms with Crippen molar-refractivity contribution in [2.75, 3.05) is 32.0 Å². The van der Waals surface area contributed by atoms with Crippen LogP contribution >= 0.6 is 0 Å². The fraction of sp³-hybridized carbons (Fsp3) is 0.591. The summed E-state index contributed by atoms with van der Waals surface area (Å²) >= 11 is 0. The molecule has 2 aromatic rings. The van der Waals surface area contributed by atoms with Gasteiger partial charge in [-0.05, 0) is 44.2 Å². The number of likely N-dealkylation sites (tertiary alicyclic amines) is 2. The lowest BCUT2D eigenvalue weighted by molar-refractivity contribution is -0.131. The minimum atomic E-state index is -0.213. The molecular formula is C22H30N6O3. The second kappa shape index (κ2) is 9.45. The number of hydrogen-bond donors (Lipinski definition) is 1. The standard InChI is InChI=1S/C22H30N6O3/c1-3-19(29)27-12-8-15(9-13-27)20-25-26-21(31-20)17-6-4-5-11-28(17)22(30)16-7-10-24-18(14-16)23-2/h7,10,14-15,17H,3-6,8-9,11-13H2,1-2H3,(H,23,24). The number of carbonyl (C=O) groups is 2. The number of nitrogens with zero attached hydrogens (tertiary/aromatic N) is 5.